The normalized spacial score (nSPS) is 29.7. The van der Waals surface area contributed by atoms with E-state index in [0.717, 1.165) is 11.4 Å². The molecule has 2 saturated heterocycles. The number of nitrogens with zero attached hydrogens (tertiary/aromatic N) is 3. The second-order valence-electron chi connectivity index (χ2n) is 10.7. The first-order valence-electron chi connectivity index (χ1n) is 13.9. The molecule has 6 rings (SSSR count). The van der Waals surface area contributed by atoms with Crippen molar-refractivity contribution in [2.24, 2.45) is 11.8 Å². The van der Waals surface area contributed by atoms with Crippen molar-refractivity contribution in [1.82, 2.24) is 4.90 Å². The van der Waals surface area contributed by atoms with Crippen LogP contribution in [0.4, 0.5) is 11.4 Å². The average molecular weight is 594 g/mol. The van der Waals surface area contributed by atoms with Gasteiger partial charge in [-0.1, -0.05) is 48.0 Å². The summed E-state index contributed by atoms with van der Waals surface area (Å²) in [4.78, 5) is 47.9. The van der Waals surface area contributed by atoms with E-state index in [1.807, 2.05) is 61.6 Å². The van der Waals surface area contributed by atoms with Crippen molar-refractivity contribution in [2.75, 3.05) is 36.1 Å². The average Bonchev–Trinajstić information content (AvgIpc) is 3.30. The number of hydrogen-bond donors (Lipinski definition) is 1. The van der Waals surface area contributed by atoms with Crippen LogP contribution in [0.5, 0.6) is 5.75 Å². The molecule has 6 atom stereocenters. The van der Waals surface area contributed by atoms with Gasteiger partial charge in [0.05, 0.1) is 46.5 Å². The number of hydrogen-bond acceptors (Lipinski definition) is 6. The number of thioether (sulfide) groups is 1. The Bertz CT molecular complexity index is 1430. The molecule has 214 valence electrons. The molecule has 0 aromatic heterocycles. The van der Waals surface area contributed by atoms with E-state index in [-0.39, 0.29) is 36.1 Å². The van der Waals surface area contributed by atoms with Gasteiger partial charge in [0.25, 0.3) is 5.91 Å². The largest absolute Gasteiger partial charge is 0.494 e. The number of carbonyl (C=O) groups excluding carboxylic acids is 3. The molecule has 1 spiro atoms. The van der Waals surface area contributed by atoms with E-state index in [0.29, 0.717) is 23.9 Å². The lowest BCUT2D eigenvalue weighted by Gasteiger charge is -2.37. The minimum absolute atomic E-state index is 0.155. The first kappa shape index (κ1) is 27.9. The molecule has 41 heavy (non-hydrogen) atoms. The van der Waals surface area contributed by atoms with Crippen molar-refractivity contribution >= 4 is 52.5 Å². The number of anilines is 2. The van der Waals surface area contributed by atoms with E-state index in [2.05, 4.69) is 0 Å². The molecule has 0 bridgehead atoms. The van der Waals surface area contributed by atoms with Crippen LogP contribution in [0, 0.1) is 11.8 Å². The first-order chi connectivity index (χ1) is 19.8. The van der Waals surface area contributed by atoms with Crippen molar-refractivity contribution < 1.29 is 24.2 Å². The first-order valence-corrected chi connectivity index (χ1v) is 15.1. The van der Waals surface area contributed by atoms with Crippen molar-refractivity contribution in [3.05, 3.63) is 77.9 Å². The molecule has 2 aromatic carbocycles. The van der Waals surface area contributed by atoms with E-state index in [4.69, 9.17) is 16.3 Å². The molecule has 0 radical (unpaired) electrons. The SMILES string of the molecule is CCOc1ccc(N2CC=C[C@@H]3S[C@]45C=CCN(c6ccccc6Cl)C(=O)C4N([C@H](C)CO)C(=O)[C@@H]5[C@@H]3C2=O)cc1. The Morgan fingerprint density at radius 1 is 1.02 bits per heavy atom. The van der Waals surface area contributed by atoms with E-state index in [9.17, 15) is 19.5 Å². The van der Waals surface area contributed by atoms with Crippen molar-refractivity contribution in [3.63, 3.8) is 0 Å². The van der Waals surface area contributed by atoms with Gasteiger partial charge in [-0.2, -0.15) is 0 Å². The Kier molecular flexibility index (Phi) is 7.38. The highest BCUT2D eigenvalue weighted by molar-refractivity contribution is 8.02. The quantitative estimate of drug-likeness (QED) is 0.511. The molecule has 10 heteroatoms. The molecule has 0 saturated carbocycles. The second-order valence-corrected chi connectivity index (χ2v) is 12.6. The van der Waals surface area contributed by atoms with Crippen LogP contribution in [0.25, 0.3) is 0 Å². The summed E-state index contributed by atoms with van der Waals surface area (Å²) in [5, 5.41) is 10.3. The minimum Gasteiger partial charge on any atom is -0.494 e. The van der Waals surface area contributed by atoms with Gasteiger partial charge >= 0.3 is 0 Å². The molecule has 1 unspecified atom stereocenters. The summed E-state index contributed by atoms with van der Waals surface area (Å²) in [5.74, 6) is -1.45. The smallest absolute Gasteiger partial charge is 0.251 e. The molecular weight excluding hydrogens is 562 g/mol. The van der Waals surface area contributed by atoms with Crippen molar-refractivity contribution in [2.45, 2.75) is 35.9 Å². The number of aliphatic hydroxyl groups excluding tert-OH is 1. The predicted octanol–water partition coefficient (Wildman–Crippen LogP) is 3.92. The van der Waals surface area contributed by atoms with Crippen molar-refractivity contribution in [3.8, 4) is 5.75 Å². The van der Waals surface area contributed by atoms with Gasteiger partial charge < -0.3 is 24.5 Å². The van der Waals surface area contributed by atoms with Gasteiger partial charge in [-0.05, 0) is 50.2 Å². The number of ether oxygens (including phenoxy) is 1. The number of para-hydroxylation sites is 1. The summed E-state index contributed by atoms with van der Waals surface area (Å²) in [6.45, 7) is 4.54. The van der Waals surface area contributed by atoms with Gasteiger partial charge in [-0.25, -0.2) is 0 Å². The van der Waals surface area contributed by atoms with E-state index in [1.165, 1.54) is 16.7 Å². The summed E-state index contributed by atoms with van der Waals surface area (Å²) in [7, 11) is 0. The van der Waals surface area contributed by atoms with Gasteiger partial charge in [0.1, 0.15) is 11.8 Å². The van der Waals surface area contributed by atoms with Gasteiger partial charge in [0, 0.05) is 24.0 Å². The molecular formula is C31H32ClN3O5S. The lowest BCUT2D eigenvalue weighted by Crippen LogP contribution is -2.56. The number of fused-ring (bicyclic) bond motifs is 2. The second kappa shape index (κ2) is 10.9. The van der Waals surface area contributed by atoms with Gasteiger partial charge in [0.2, 0.25) is 11.8 Å². The highest BCUT2D eigenvalue weighted by atomic mass is 35.5. The molecule has 2 fully saturated rings. The molecule has 4 heterocycles. The lowest BCUT2D eigenvalue weighted by atomic mass is 9.78. The monoisotopic (exact) mass is 593 g/mol. The molecule has 0 aliphatic carbocycles. The standard InChI is InChI=1S/C31H32ClN3O5S/c1-3-40-21-13-11-20(12-14-21)33-16-6-10-24-25(28(33)37)26-29(38)35(19(2)18-36)27-30(39)34(17-7-15-31(26,27)41-24)23-9-5-4-8-22(23)32/h4-15,19,24-27,36H,3,16-18H2,1-2H3/t19-,24+,25-,26+,27?,31+/m1/s1. The van der Waals surface area contributed by atoms with Crippen LogP contribution >= 0.6 is 23.4 Å². The Morgan fingerprint density at radius 3 is 2.46 bits per heavy atom. The van der Waals surface area contributed by atoms with Gasteiger partial charge in [-0.15, -0.1) is 11.8 Å². The number of amides is 3. The van der Waals surface area contributed by atoms with Gasteiger partial charge in [0.15, 0.2) is 0 Å². The van der Waals surface area contributed by atoms with E-state index >= 15 is 0 Å². The number of likely N-dealkylation sites (tertiary alicyclic amines) is 1. The third-order valence-electron chi connectivity index (χ3n) is 8.44. The lowest BCUT2D eigenvalue weighted by molar-refractivity contribution is -0.141. The van der Waals surface area contributed by atoms with E-state index < -0.39 is 28.7 Å². The number of halogens is 1. The van der Waals surface area contributed by atoms with E-state index in [1.54, 1.807) is 34.9 Å². The van der Waals surface area contributed by atoms with Crippen LogP contribution in [-0.4, -0.2) is 76.1 Å². The maximum Gasteiger partial charge on any atom is 0.251 e. The fourth-order valence-corrected chi connectivity index (χ4v) is 8.88. The van der Waals surface area contributed by atoms with Crippen LogP contribution < -0.4 is 14.5 Å². The number of aliphatic hydroxyl groups is 1. The highest BCUT2D eigenvalue weighted by Gasteiger charge is 2.71. The Labute approximate surface area is 248 Å². The minimum atomic E-state index is -0.981. The zero-order valence-electron chi connectivity index (χ0n) is 22.9. The zero-order chi connectivity index (χ0) is 28.9. The Morgan fingerprint density at radius 2 is 1.76 bits per heavy atom. The summed E-state index contributed by atoms with van der Waals surface area (Å²) in [5.41, 5.74) is 1.28. The zero-order valence-corrected chi connectivity index (χ0v) is 24.4. The Balaban J connectivity index is 1.42. The number of benzene rings is 2. The molecule has 3 amide bonds. The highest BCUT2D eigenvalue weighted by Crippen LogP contribution is 2.61. The maximum atomic E-state index is 14.4. The molecule has 8 nitrogen and oxygen atoms in total. The molecule has 2 aromatic rings. The topological polar surface area (TPSA) is 90.4 Å². The fraction of sp³-hybridized carbons (Fsp3) is 0.387. The fourth-order valence-electron chi connectivity index (χ4n) is 6.65. The van der Waals surface area contributed by atoms with Crippen LogP contribution in [0.1, 0.15) is 13.8 Å². The number of rotatable bonds is 6. The van der Waals surface area contributed by atoms with Crippen LogP contribution in [0.2, 0.25) is 5.02 Å². The summed E-state index contributed by atoms with van der Waals surface area (Å²) >= 11 is 8.02. The molecule has 4 aliphatic heterocycles. The molecule has 1 N–H and O–H groups in total. The summed E-state index contributed by atoms with van der Waals surface area (Å²) < 4.78 is 4.59. The maximum absolute atomic E-state index is 14.4. The van der Waals surface area contributed by atoms with Crippen molar-refractivity contribution in [1.29, 1.82) is 0 Å². The van der Waals surface area contributed by atoms with Crippen LogP contribution in [-0.2, 0) is 14.4 Å². The van der Waals surface area contributed by atoms with Crippen LogP contribution in [0.15, 0.2) is 72.8 Å². The summed E-state index contributed by atoms with van der Waals surface area (Å²) in [6, 6.07) is 13.0. The third-order valence-corrected chi connectivity index (χ3v) is 10.5. The molecule has 4 aliphatic rings. The summed E-state index contributed by atoms with van der Waals surface area (Å²) in [6.07, 6.45) is 7.84. The Hall–Kier alpha value is -3.27. The van der Waals surface area contributed by atoms with Crippen LogP contribution in [0.3, 0.4) is 0 Å². The predicted molar refractivity (Wildman–Crippen MR) is 160 cm³/mol. The number of carbonyl (C=O) groups is 3. The van der Waals surface area contributed by atoms with Gasteiger partial charge in [-0.3, -0.25) is 14.4 Å². The third kappa shape index (κ3) is 4.37.